The lowest BCUT2D eigenvalue weighted by Crippen LogP contribution is -2.14. The van der Waals surface area contributed by atoms with Gasteiger partial charge in [0.15, 0.2) is 0 Å². The van der Waals surface area contributed by atoms with E-state index in [1.807, 2.05) is 6.07 Å². The number of carbonyl (C=O) groups excluding carboxylic acids is 2. The molecular weight excluding hydrogens is 445 g/mol. The summed E-state index contributed by atoms with van der Waals surface area (Å²) < 4.78 is 5.04. The van der Waals surface area contributed by atoms with Gasteiger partial charge in [-0.3, -0.25) is 4.79 Å². The number of aliphatic hydroxyl groups is 1. The molecule has 1 amide bonds. The molecule has 3 rings (SSSR count). The minimum atomic E-state index is -0.760. The van der Waals surface area contributed by atoms with Crippen LogP contribution >= 0.6 is 35.0 Å². The number of ether oxygens (including phenoxy) is 1. The second kappa shape index (κ2) is 9.51. The average molecular weight is 462 g/mol. The largest absolute Gasteiger partial charge is 0.506 e. The predicted octanol–water partition coefficient (Wildman–Crippen LogP) is 6.00. The van der Waals surface area contributed by atoms with Crippen LogP contribution in [0.3, 0.4) is 0 Å². The van der Waals surface area contributed by atoms with Crippen molar-refractivity contribution in [2.24, 2.45) is 4.99 Å². The molecule has 0 aliphatic carbocycles. The maximum atomic E-state index is 12.7. The third-order valence-corrected chi connectivity index (χ3v) is 5.78. The Kier molecular flexibility index (Phi) is 7.02. The van der Waals surface area contributed by atoms with Crippen molar-refractivity contribution in [3.05, 3.63) is 85.4 Å². The van der Waals surface area contributed by atoms with Crippen molar-refractivity contribution in [3.63, 3.8) is 0 Å². The van der Waals surface area contributed by atoms with Gasteiger partial charge in [0, 0.05) is 15.6 Å². The Morgan fingerprint density at radius 3 is 2.60 bits per heavy atom. The van der Waals surface area contributed by atoms with E-state index in [9.17, 15) is 14.7 Å². The first-order chi connectivity index (χ1) is 14.3. The number of thioether (sulfide) groups is 1. The summed E-state index contributed by atoms with van der Waals surface area (Å²) in [7, 11) is 0. The van der Waals surface area contributed by atoms with E-state index in [4.69, 9.17) is 27.9 Å². The van der Waals surface area contributed by atoms with E-state index in [1.165, 1.54) is 0 Å². The van der Waals surface area contributed by atoms with Gasteiger partial charge in [-0.05, 0) is 49.2 Å². The number of hydrogen-bond donors (Lipinski definition) is 1. The number of amides is 1. The standard InChI is InChI=1S/C22H17Cl2NO4S/c1-3-29-22(28)18-19(26)17(10-13-8-9-14(23)11-16(13)24)30-21(18)25-20(27)15-7-5-4-6-12(15)2/h4-11,26H,3H2,1-2H3/b17-10-,25-21?. The highest BCUT2D eigenvalue weighted by atomic mass is 35.5. The Morgan fingerprint density at radius 1 is 1.20 bits per heavy atom. The number of esters is 1. The Balaban J connectivity index is 2.05. The molecule has 0 spiro atoms. The van der Waals surface area contributed by atoms with Gasteiger partial charge in [0.25, 0.3) is 5.91 Å². The molecule has 0 radical (unpaired) electrons. The van der Waals surface area contributed by atoms with E-state index in [0.717, 1.165) is 17.3 Å². The molecule has 0 atom stereocenters. The maximum absolute atomic E-state index is 12.7. The third-order valence-electron chi connectivity index (χ3n) is 4.20. The predicted molar refractivity (Wildman–Crippen MR) is 121 cm³/mol. The van der Waals surface area contributed by atoms with Crippen LogP contribution in [0.5, 0.6) is 0 Å². The van der Waals surface area contributed by atoms with Crippen LogP contribution in [0.1, 0.15) is 28.4 Å². The number of benzene rings is 2. The minimum absolute atomic E-state index is 0.0653. The number of aliphatic imine (C=N–C) groups is 1. The molecule has 154 valence electrons. The number of carbonyl (C=O) groups is 2. The molecule has 1 N–H and O–H groups in total. The lowest BCUT2D eigenvalue weighted by Gasteiger charge is -2.04. The molecule has 0 aromatic heterocycles. The molecule has 1 heterocycles. The van der Waals surface area contributed by atoms with E-state index < -0.39 is 11.9 Å². The Labute approximate surface area is 188 Å². The first-order valence-electron chi connectivity index (χ1n) is 8.96. The molecule has 1 aliphatic rings. The normalized spacial score (nSPS) is 16.4. The van der Waals surface area contributed by atoms with Gasteiger partial charge in [-0.1, -0.05) is 59.2 Å². The number of rotatable bonds is 4. The topological polar surface area (TPSA) is 76.0 Å². The van der Waals surface area contributed by atoms with Gasteiger partial charge in [-0.15, -0.1) is 0 Å². The first-order valence-corrected chi connectivity index (χ1v) is 10.5. The zero-order valence-electron chi connectivity index (χ0n) is 16.1. The molecule has 30 heavy (non-hydrogen) atoms. The van der Waals surface area contributed by atoms with Crippen molar-refractivity contribution in [2.45, 2.75) is 13.8 Å². The highest BCUT2D eigenvalue weighted by Gasteiger charge is 2.34. The van der Waals surface area contributed by atoms with Gasteiger partial charge in [0.05, 0.1) is 11.5 Å². The summed E-state index contributed by atoms with van der Waals surface area (Å²) in [4.78, 5) is 29.6. The molecule has 0 fully saturated rings. The smallest absolute Gasteiger partial charge is 0.344 e. The van der Waals surface area contributed by atoms with E-state index >= 15 is 0 Å². The summed E-state index contributed by atoms with van der Waals surface area (Å²) in [5.74, 6) is -1.60. The molecule has 1 aliphatic heterocycles. The lowest BCUT2D eigenvalue weighted by molar-refractivity contribution is -0.138. The number of aliphatic hydroxyl groups excluding tert-OH is 1. The van der Waals surface area contributed by atoms with E-state index in [-0.39, 0.29) is 23.0 Å². The quantitative estimate of drug-likeness (QED) is 0.564. The monoisotopic (exact) mass is 461 g/mol. The Bertz CT molecular complexity index is 1120. The van der Waals surface area contributed by atoms with Gasteiger partial charge in [-0.25, -0.2) is 9.79 Å². The Morgan fingerprint density at radius 2 is 1.93 bits per heavy atom. The van der Waals surface area contributed by atoms with Gasteiger partial charge in [-0.2, -0.15) is 0 Å². The lowest BCUT2D eigenvalue weighted by atomic mass is 10.1. The molecule has 0 saturated carbocycles. The van der Waals surface area contributed by atoms with Crippen LogP contribution in [0.2, 0.25) is 10.0 Å². The molecular formula is C22H17Cl2NO4S. The van der Waals surface area contributed by atoms with Crippen LogP contribution in [0.25, 0.3) is 6.08 Å². The molecule has 0 saturated heterocycles. The van der Waals surface area contributed by atoms with Crippen molar-refractivity contribution in [2.75, 3.05) is 6.61 Å². The van der Waals surface area contributed by atoms with Crippen LogP contribution in [0.15, 0.2) is 63.7 Å². The van der Waals surface area contributed by atoms with Gasteiger partial charge in [0.2, 0.25) is 0 Å². The number of aryl methyl sites for hydroxylation is 1. The van der Waals surface area contributed by atoms with Crippen LogP contribution in [-0.4, -0.2) is 28.6 Å². The number of halogens is 2. The fraction of sp³-hybridized carbons (Fsp3) is 0.136. The fourth-order valence-corrected chi connectivity index (χ4v) is 4.18. The van der Waals surface area contributed by atoms with Gasteiger partial charge in [0.1, 0.15) is 16.4 Å². The summed E-state index contributed by atoms with van der Waals surface area (Å²) in [5, 5.41) is 11.6. The minimum Gasteiger partial charge on any atom is -0.506 e. The number of hydrogen-bond acceptors (Lipinski definition) is 5. The number of nitrogens with zero attached hydrogens (tertiary/aromatic N) is 1. The summed E-state index contributed by atoms with van der Waals surface area (Å²) >= 11 is 13.1. The van der Waals surface area contributed by atoms with Crippen molar-refractivity contribution >= 4 is 58.0 Å². The van der Waals surface area contributed by atoms with Gasteiger partial charge >= 0.3 is 5.97 Å². The summed E-state index contributed by atoms with van der Waals surface area (Å²) in [6, 6.07) is 11.9. The SMILES string of the molecule is CCOC(=O)C1=C(O)/C(=C/c2ccc(Cl)cc2Cl)SC1=NC(=O)c1ccccc1C. The Hall–Kier alpha value is -2.54. The van der Waals surface area contributed by atoms with Gasteiger partial charge < -0.3 is 9.84 Å². The van der Waals surface area contributed by atoms with Crippen LogP contribution < -0.4 is 0 Å². The zero-order valence-corrected chi connectivity index (χ0v) is 18.4. The van der Waals surface area contributed by atoms with E-state index in [2.05, 4.69) is 4.99 Å². The van der Waals surface area contributed by atoms with Crippen LogP contribution in [0, 0.1) is 6.92 Å². The highest BCUT2D eigenvalue weighted by molar-refractivity contribution is 8.18. The fourth-order valence-electron chi connectivity index (χ4n) is 2.72. The summed E-state index contributed by atoms with van der Waals surface area (Å²) in [5.41, 5.74) is 1.60. The maximum Gasteiger partial charge on any atom is 0.344 e. The molecule has 5 nitrogen and oxygen atoms in total. The van der Waals surface area contributed by atoms with Crippen molar-refractivity contribution in [3.8, 4) is 0 Å². The molecule has 8 heteroatoms. The highest BCUT2D eigenvalue weighted by Crippen LogP contribution is 2.40. The van der Waals surface area contributed by atoms with Crippen molar-refractivity contribution in [1.82, 2.24) is 0 Å². The molecule has 0 bridgehead atoms. The van der Waals surface area contributed by atoms with Crippen molar-refractivity contribution in [1.29, 1.82) is 0 Å². The van der Waals surface area contributed by atoms with Crippen LogP contribution in [0.4, 0.5) is 0 Å². The average Bonchev–Trinajstić information content (AvgIpc) is 2.99. The van der Waals surface area contributed by atoms with E-state index in [0.29, 0.717) is 26.1 Å². The third kappa shape index (κ3) is 4.78. The molecule has 2 aromatic rings. The van der Waals surface area contributed by atoms with Crippen molar-refractivity contribution < 1.29 is 19.4 Å². The second-order valence-electron chi connectivity index (χ2n) is 6.26. The zero-order chi connectivity index (χ0) is 21.8. The first kappa shape index (κ1) is 22.2. The molecule has 2 aromatic carbocycles. The summed E-state index contributed by atoms with van der Waals surface area (Å²) in [6.45, 7) is 3.56. The second-order valence-corrected chi connectivity index (χ2v) is 8.13. The molecule has 0 unspecified atom stereocenters. The van der Waals surface area contributed by atoms with Crippen LogP contribution in [-0.2, 0) is 9.53 Å². The summed E-state index contributed by atoms with van der Waals surface area (Å²) in [6.07, 6.45) is 1.60. The van der Waals surface area contributed by atoms with E-state index in [1.54, 1.807) is 56.3 Å².